The van der Waals surface area contributed by atoms with E-state index in [0.29, 0.717) is 22.6 Å². The predicted octanol–water partition coefficient (Wildman–Crippen LogP) is 1.32. The van der Waals surface area contributed by atoms with Crippen molar-refractivity contribution >= 4 is 15.7 Å². The van der Waals surface area contributed by atoms with Gasteiger partial charge in [0.1, 0.15) is 0 Å². The third-order valence-corrected chi connectivity index (χ3v) is 4.10. The molecule has 2 aromatic rings. The van der Waals surface area contributed by atoms with E-state index in [-0.39, 0.29) is 11.5 Å². The summed E-state index contributed by atoms with van der Waals surface area (Å²) in [4.78, 5) is 0.110. The average Bonchev–Trinajstić information content (AvgIpc) is 2.70. The van der Waals surface area contributed by atoms with Crippen molar-refractivity contribution in [2.24, 2.45) is 0 Å². The molecule has 0 aliphatic rings. The molecule has 3 N–H and O–H groups in total. The van der Waals surface area contributed by atoms with Crippen LogP contribution in [0.2, 0.25) is 0 Å². The van der Waals surface area contributed by atoms with E-state index in [4.69, 9.17) is 5.11 Å². The molecule has 0 aliphatic carbocycles. The van der Waals surface area contributed by atoms with Crippen LogP contribution in [0.3, 0.4) is 0 Å². The fourth-order valence-electron chi connectivity index (χ4n) is 1.71. The largest absolute Gasteiger partial charge is 0.392 e. The van der Waals surface area contributed by atoms with E-state index < -0.39 is 10.0 Å². The predicted molar refractivity (Wildman–Crippen MR) is 71.2 cm³/mol. The van der Waals surface area contributed by atoms with Gasteiger partial charge in [0.25, 0.3) is 10.0 Å². The third-order valence-electron chi connectivity index (χ3n) is 2.76. The molecule has 0 spiro atoms. The van der Waals surface area contributed by atoms with Crippen LogP contribution >= 0.6 is 0 Å². The zero-order valence-electron chi connectivity index (χ0n) is 10.6. The molecule has 0 aliphatic heterocycles. The molecule has 6 nitrogen and oxygen atoms in total. The summed E-state index contributed by atoms with van der Waals surface area (Å²) < 4.78 is 27.0. The summed E-state index contributed by atoms with van der Waals surface area (Å²) in [6.45, 7) is 3.25. The number of rotatable bonds is 4. The van der Waals surface area contributed by atoms with Crippen LogP contribution in [0, 0.1) is 13.8 Å². The minimum absolute atomic E-state index is 0.110. The third kappa shape index (κ3) is 2.77. The van der Waals surface area contributed by atoms with Crippen molar-refractivity contribution < 1.29 is 13.5 Å². The first-order chi connectivity index (χ1) is 8.94. The summed E-state index contributed by atoms with van der Waals surface area (Å²) in [7, 11) is -3.68. The highest BCUT2D eigenvalue weighted by Crippen LogP contribution is 2.21. The Labute approximate surface area is 111 Å². The normalized spacial score (nSPS) is 11.5. The molecule has 1 aromatic heterocycles. The number of aryl methyl sites for hydroxylation is 2. The number of hydrogen-bond donors (Lipinski definition) is 3. The lowest BCUT2D eigenvalue weighted by molar-refractivity contribution is 0.281. The van der Waals surface area contributed by atoms with Gasteiger partial charge >= 0.3 is 0 Å². The summed E-state index contributed by atoms with van der Waals surface area (Å²) in [6.07, 6.45) is 0. The number of anilines is 1. The van der Waals surface area contributed by atoms with Gasteiger partial charge in [-0.2, -0.15) is 5.10 Å². The molecule has 0 bridgehead atoms. The maximum absolute atomic E-state index is 12.2. The monoisotopic (exact) mass is 281 g/mol. The Bertz CT molecular complexity index is 672. The lowest BCUT2D eigenvalue weighted by Gasteiger charge is -2.09. The Balaban J connectivity index is 2.38. The van der Waals surface area contributed by atoms with Gasteiger partial charge in [-0.05, 0) is 31.5 Å². The first kappa shape index (κ1) is 13.6. The second-order valence-corrected chi connectivity index (χ2v) is 5.90. The van der Waals surface area contributed by atoms with Crippen LogP contribution < -0.4 is 4.72 Å². The van der Waals surface area contributed by atoms with Gasteiger partial charge in [0, 0.05) is 0 Å². The van der Waals surface area contributed by atoms with Crippen molar-refractivity contribution in [3.63, 3.8) is 0 Å². The van der Waals surface area contributed by atoms with E-state index in [2.05, 4.69) is 14.9 Å². The van der Waals surface area contributed by atoms with Crippen LogP contribution in [-0.4, -0.2) is 23.7 Å². The first-order valence-corrected chi connectivity index (χ1v) is 7.16. The summed E-state index contributed by atoms with van der Waals surface area (Å²) in [5, 5.41) is 15.7. The minimum Gasteiger partial charge on any atom is -0.392 e. The molecular weight excluding hydrogens is 266 g/mol. The van der Waals surface area contributed by atoms with Crippen molar-refractivity contribution in [1.82, 2.24) is 10.2 Å². The molecule has 7 heteroatoms. The number of aliphatic hydroxyl groups is 1. The number of hydrogen-bond acceptors (Lipinski definition) is 4. The maximum atomic E-state index is 12.2. The molecule has 1 heterocycles. The second kappa shape index (κ2) is 5.02. The number of aliphatic hydroxyl groups excluding tert-OH is 1. The number of H-pyrrole nitrogens is 1. The molecule has 19 heavy (non-hydrogen) atoms. The van der Waals surface area contributed by atoms with Gasteiger partial charge in [-0.15, -0.1) is 0 Å². The quantitative estimate of drug-likeness (QED) is 0.787. The first-order valence-electron chi connectivity index (χ1n) is 5.68. The van der Waals surface area contributed by atoms with Crippen LogP contribution in [0.1, 0.15) is 17.0 Å². The lowest BCUT2D eigenvalue weighted by atomic mass is 10.2. The van der Waals surface area contributed by atoms with Gasteiger partial charge in [0.15, 0.2) is 0 Å². The number of aromatic amines is 1. The van der Waals surface area contributed by atoms with E-state index in [9.17, 15) is 8.42 Å². The Morgan fingerprint density at radius 1 is 1.37 bits per heavy atom. The number of sulfonamides is 1. The summed E-state index contributed by atoms with van der Waals surface area (Å²) in [5.41, 5.74) is 2.23. The Morgan fingerprint density at radius 3 is 2.68 bits per heavy atom. The zero-order chi connectivity index (χ0) is 14.0. The minimum atomic E-state index is -3.68. The molecule has 0 saturated carbocycles. The van der Waals surface area contributed by atoms with Gasteiger partial charge in [-0.1, -0.05) is 12.1 Å². The van der Waals surface area contributed by atoms with Crippen molar-refractivity contribution in [3.8, 4) is 0 Å². The Kier molecular flexibility index (Phi) is 3.59. The van der Waals surface area contributed by atoms with Gasteiger partial charge in [0.2, 0.25) is 0 Å². The van der Waals surface area contributed by atoms with Crippen LogP contribution in [0.25, 0.3) is 0 Å². The molecule has 2 rings (SSSR count). The topological polar surface area (TPSA) is 95.1 Å². The number of benzene rings is 1. The van der Waals surface area contributed by atoms with Crippen LogP contribution in [0.4, 0.5) is 5.69 Å². The smallest absolute Gasteiger partial charge is 0.262 e. The summed E-state index contributed by atoms with van der Waals surface area (Å²) in [6, 6.07) is 6.17. The maximum Gasteiger partial charge on any atom is 0.262 e. The van der Waals surface area contributed by atoms with Crippen molar-refractivity contribution in [3.05, 3.63) is 41.2 Å². The molecular formula is C12H15N3O3S. The summed E-state index contributed by atoms with van der Waals surface area (Å²) in [5.74, 6) is 0. The molecule has 0 atom stereocenters. The fourth-order valence-corrected chi connectivity index (χ4v) is 2.96. The van der Waals surface area contributed by atoms with E-state index in [1.165, 1.54) is 12.1 Å². The number of nitrogens with zero attached hydrogens (tertiary/aromatic N) is 1. The van der Waals surface area contributed by atoms with E-state index in [0.717, 1.165) is 0 Å². The van der Waals surface area contributed by atoms with E-state index in [1.807, 2.05) is 0 Å². The van der Waals surface area contributed by atoms with Crippen molar-refractivity contribution in [1.29, 1.82) is 0 Å². The van der Waals surface area contributed by atoms with Gasteiger partial charge in [-0.25, -0.2) is 8.42 Å². The molecule has 0 fully saturated rings. The fraction of sp³-hybridized carbons (Fsp3) is 0.250. The standard InChI is InChI=1S/C12H15N3O3S/c1-8-12(9(2)14-13-8)15-19(17,18)11-5-3-4-10(6-11)7-16/h3-6,15-16H,7H2,1-2H3,(H,13,14). The second-order valence-electron chi connectivity index (χ2n) is 4.22. The van der Waals surface area contributed by atoms with Gasteiger partial charge < -0.3 is 5.11 Å². The SMILES string of the molecule is Cc1n[nH]c(C)c1NS(=O)(=O)c1cccc(CO)c1. The van der Waals surface area contributed by atoms with Gasteiger partial charge in [0.05, 0.1) is 28.6 Å². The van der Waals surface area contributed by atoms with Crippen molar-refractivity contribution in [2.45, 2.75) is 25.3 Å². The van der Waals surface area contributed by atoms with Gasteiger partial charge in [-0.3, -0.25) is 9.82 Å². The molecule has 0 amide bonds. The van der Waals surface area contributed by atoms with Crippen LogP contribution in [0.5, 0.6) is 0 Å². The highest BCUT2D eigenvalue weighted by atomic mass is 32.2. The molecule has 0 radical (unpaired) electrons. The molecule has 1 aromatic carbocycles. The Hall–Kier alpha value is -1.86. The lowest BCUT2D eigenvalue weighted by Crippen LogP contribution is -2.14. The molecule has 0 unspecified atom stereocenters. The average molecular weight is 281 g/mol. The number of aromatic nitrogens is 2. The highest BCUT2D eigenvalue weighted by molar-refractivity contribution is 7.92. The molecule has 0 saturated heterocycles. The summed E-state index contributed by atoms with van der Waals surface area (Å²) >= 11 is 0. The van der Waals surface area contributed by atoms with E-state index in [1.54, 1.807) is 26.0 Å². The van der Waals surface area contributed by atoms with Crippen LogP contribution in [-0.2, 0) is 16.6 Å². The number of nitrogens with one attached hydrogen (secondary N) is 2. The van der Waals surface area contributed by atoms with Crippen LogP contribution in [0.15, 0.2) is 29.2 Å². The molecule has 102 valence electrons. The van der Waals surface area contributed by atoms with E-state index >= 15 is 0 Å². The van der Waals surface area contributed by atoms with Crippen molar-refractivity contribution in [2.75, 3.05) is 4.72 Å². The Morgan fingerprint density at radius 2 is 2.11 bits per heavy atom. The highest BCUT2D eigenvalue weighted by Gasteiger charge is 2.18. The zero-order valence-corrected chi connectivity index (χ0v) is 11.5.